The minimum absolute atomic E-state index is 0.0791. The van der Waals surface area contributed by atoms with Gasteiger partial charge in [0.25, 0.3) is 5.91 Å². The third-order valence-corrected chi connectivity index (χ3v) is 5.19. The molecule has 1 atom stereocenters. The number of hydrogen-bond donors (Lipinski definition) is 1. The van der Waals surface area contributed by atoms with Crippen molar-refractivity contribution in [1.29, 1.82) is 0 Å². The van der Waals surface area contributed by atoms with E-state index in [4.69, 9.17) is 4.74 Å². The summed E-state index contributed by atoms with van der Waals surface area (Å²) in [6.07, 6.45) is 0.466. The number of phenolic OH excluding ortho intramolecular Hbond substituents is 1. The van der Waals surface area contributed by atoms with Crippen LogP contribution in [-0.2, 0) is 14.3 Å². The number of ether oxygens (including phenoxy) is 1. The molecule has 142 valence electrons. The van der Waals surface area contributed by atoms with Gasteiger partial charge in [-0.25, -0.2) is 4.79 Å². The Kier molecular flexibility index (Phi) is 4.83. The van der Waals surface area contributed by atoms with Gasteiger partial charge in [0, 0.05) is 43.3 Å². The van der Waals surface area contributed by atoms with Crippen molar-refractivity contribution in [2.24, 2.45) is 0 Å². The number of carbonyl (C=O) groups is 2. The molecule has 0 saturated carbocycles. The average Bonchev–Trinajstić information content (AvgIpc) is 2.63. The third-order valence-electron chi connectivity index (χ3n) is 5.19. The van der Waals surface area contributed by atoms with Gasteiger partial charge >= 0.3 is 5.97 Å². The van der Waals surface area contributed by atoms with Gasteiger partial charge in [0.2, 0.25) is 0 Å². The summed E-state index contributed by atoms with van der Waals surface area (Å²) in [6.45, 7) is 7.87. The van der Waals surface area contributed by atoms with Gasteiger partial charge in [-0.05, 0) is 31.5 Å². The Morgan fingerprint density at radius 1 is 1.33 bits per heavy atom. The van der Waals surface area contributed by atoms with E-state index in [-0.39, 0.29) is 18.3 Å². The Morgan fingerprint density at radius 2 is 2.04 bits per heavy atom. The molecule has 6 nitrogen and oxygen atoms in total. The van der Waals surface area contributed by atoms with Crippen LogP contribution in [0.3, 0.4) is 0 Å². The van der Waals surface area contributed by atoms with Gasteiger partial charge in [-0.3, -0.25) is 9.69 Å². The number of allylic oxidation sites excluding steroid dienone is 1. The molecule has 3 rings (SSSR count). The number of aromatic hydroxyl groups is 1. The zero-order chi connectivity index (χ0) is 19.9. The third kappa shape index (κ3) is 3.01. The van der Waals surface area contributed by atoms with E-state index < -0.39 is 11.9 Å². The van der Waals surface area contributed by atoms with Crippen molar-refractivity contribution in [3.63, 3.8) is 0 Å². The molecule has 0 bridgehead atoms. The SMILES string of the molecule is C=C1N(C)C(=O)C2=C(CC(C)=C(C(=O)OCC)C2c2cccc(O)c2)N1C. The van der Waals surface area contributed by atoms with E-state index in [0.29, 0.717) is 29.0 Å². The topological polar surface area (TPSA) is 70.1 Å². The lowest BCUT2D eigenvalue weighted by molar-refractivity contribution is -0.138. The van der Waals surface area contributed by atoms with Crippen LogP contribution in [0.4, 0.5) is 0 Å². The van der Waals surface area contributed by atoms with Crippen LogP contribution in [0.15, 0.2) is 59.1 Å². The second-order valence-electron chi connectivity index (χ2n) is 6.82. The van der Waals surface area contributed by atoms with E-state index in [2.05, 4.69) is 6.58 Å². The highest BCUT2D eigenvalue weighted by atomic mass is 16.5. The molecule has 0 spiro atoms. The van der Waals surface area contributed by atoms with Crippen LogP contribution < -0.4 is 0 Å². The summed E-state index contributed by atoms with van der Waals surface area (Å²) in [5.74, 6) is -0.574. The Hall–Kier alpha value is -3.02. The Bertz CT molecular complexity index is 897. The molecular weight excluding hydrogens is 344 g/mol. The van der Waals surface area contributed by atoms with Crippen LogP contribution >= 0.6 is 0 Å². The van der Waals surface area contributed by atoms with Crippen LogP contribution in [0, 0.1) is 0 Å². The Morgan fingerprint density at radius 3 is 2.67 bits per heavy atom. The van der Waals surface area contributed by atoms with Crippen LogP contribution in [0.5, 0.6) is 5.75 Å². The monoisotopic (exact) mass is 368 g/mol. The van der Waals surface area contributed by atoms with Crippen LogP contribution in [0.25, 0.3) is 0 Å². The summed E-state index contributed by atoms with van der Waals surface area (Å²) in [6, 6.07) is 6.66. The molecular formula is C21H24N2O4. The van der Waals surface area contributed by atoms with Crippen molar-refractivity contribution < 1.29 is 19.4 Å². The van der Waals surface area contributed by atoms with Gasteiger partial charge in [-0.2, -0.15) is 0 Å². The standard InChI is InChI=1S/C21H24N2O4/c1-6-27-21(26)17-12(2)10-16-19(20(25)23(5)13(3)22(16)4)18(17)14-8-7-9-15(24)11-14/h7-9,11,18,24H,3,6,10H2,1-2,4-5H3. The summed E-state index contributed by atoms with van der Waals surface area (Å²) in [7, 11) is 3.53. The number of hydrogen-bond acceptors (Lipinski definition) is 5. The molecule has 1 aliphatic heterocycles. The molecule has 1 aromatic rings. The molecule has 0 fully saturated rings. The largest absolute Gasteiger partial charge is 0.508 e. The van der Waals surface area contributed by atoms with Crippen molar-refractivity contribution in [2.45, 2.75) is 26.2 Å². The summed E-state index contributed by atoms with van der Waals surface area (Å²) >= 11 is 0. The lowest BCUT2D eigenvalue weighted by atomic mass is 9.75. The summed E-state index contributed by atoms with van der Waals surface area (Å²) in [5.41, 5.74) is 3.32. The maximum Gasteiger partial charge on any atom is 0.334 e. The minimum atomic E-state index is -0.606. The van der Waals surface area contributed by atoms with Gasteiger partial charge in [0.1, 0.15) is 11.6 Å². The first-order chi connectivity index (χ1) is 12.8. The zero-order valence-corrected chi connectivity index (χ0v) is 16.1. The second kappa shape index (κ2) is 6.95. The van der Waals surface area contributed by atoms with E-state index in [9.17, 15) is 14.7 Å². The van der Waals surface area contributed by atoms with Gasteiger partial charge in [0.15, 0.2) is 0 Å². The number of esters is 1. The number of nitrogens with zero attached hydrogens (tertiary/aromatic N) is 2. The first kappa shape index (κ1) is 18.8. The average molecular weight is 368 g/mol. The number of amides is 1. The highest BCUT2D eigenvalue weighted by Gasteiger charge is 2.43. The molecule has 1 aliphatic carbocycles. The maximum atomic E-state index is 13.2. The molecule has 0 saturated heterocycles. The summed E-state index contributed by atoms with van der Waals surface area (Å²) in [4.78, 5) is 29.3. The van der Waals surface area contributed by atoms with E-state index >= 15 is 0 Å². The van der Waals surface area contributed by atoms with Crippen LogP contribution in [0.2, 0.25) is 0 Å². The molecule has 1 amide bonds. The number of benzene rings is 1. The number of likely N-dealkylation sites (N-methyl/N-ethyl adjacent to an activating group) is 1. The van der Waals surface area contributed by atoms with Gasteiger partial charge in [-0.1, -0.05) is 24.3 Å². The maximum absolute atomic E-state index is 13.2. The molecule has 6 heteroatoms. The molecule has 1 unspecified atom stereocenters. The highest BCUT2D eigenvalue weighted by molar-refractivity contribution is 6.03. The number of phenols is 1. The number of carbonyl (C=O) groups excluding carboxylic acids is 2. The minimum Gasteiger partial charge on any atom is -0.508 e. The van der Waals surface area contributed by atoms with Gasteiger partial charge < -0.3 is 14.7 Å². The van der Waals surface area contributed by atoms with Gasteiger partial charge in [0.05, 0.1) is 6.61 Å². The van der Waals surface area contributed by atoms with Crippen molar-refractivity contribution in [2.75, 3.05) is 20.7 Å². The van der Waals surface area contributed by atoms with Crippen LogP contribution in [-0.4, -0.2) is 47.5 Å². The molecule has 27 heavy (non-hydrogen) atoms. The molecule has 1 aromatic carbocycles. The molecule has 0 aromatic heterocycles. The number of rotatable bonds is 3. The van der Waals surface area contributed by atoms with Crippen molar-refractivity contribution in [3.05, 3.63) is 64.6 Å². The van der Waals surface area contributed by atoms with Crippen molar-refractivity contribution >= 4 is 11.9 Å². The van der Waals surface area contributed by atoms with E-state index in [1.807, 2.05) is 24.9 Å². The second-order valence-corrected chi connectivity index (χ2v) is 6.82. The van der Waals surface area contributed by atoms with E-state index in [1.54, 1.807) is 32.2 Å². The zero-order valence-electron chi connectivity index (χ0n) is 16.1. The summed E-state index contributed by atoms with van der Waals surface area (Å²) < 4.78 is 5.29. The first-order valence-corrected chi connectivity index (χ1v) is 8.87. The molecule has 1 heterocycles. The van der Waals surface area contributed by atoms with Gasteiger partial charge in [-0.15, -0.1) is 0 Å². The fourth-order valence-corrected chi connectivity index (χ4v) is 3.76. The summed E-state index contributed by atoms with van der Waals surface area (Å²) in [5, 5.41) is 9.98. The van der Waals surface area contributed by atoms with Crippen LogP contribution in [0.1, 0.15) is 31.7 Å². The first-order valence-electron chi connectivity index (χ1n) is 8.87. The van der Waals surface area contributed by atoms with E-state index in [0.717, 1.165) is 11.3 Å². The lowest BCUT2D eigenvalue weighted by Gasteiger charge is -2.42. The fourth-order valence-electron chi connectivity index (χ4n) is 3.76. The molecule has 0 radical (unpaired) electrons. The Labute approximate surface area is 159 Å². The van der Waals surface area contributed by atoms with Crippen molar-refractivity contribution in [3.8, 4) is 5.75 Å². The Balaban J connectivity index is 2.25. The predicted octanol–water partition coefficient (Wildman–Crippen LogP) is 2.89. The fraction of sp³-hybridized carbons (Fsp3) is 0.333. The highest BCUT2D eigenvalue weighted by Crippen LogP contribution is 2.46. The van der Waals surface area contributed by atoms with E-state index in [1.165, 1.54) is 4.90 Å². The molecule has 1 N–H and O–H groups in total. The molecule has 2 aliphatic rings. The normalized spacial score (nSPS) is 20.2. The lowest BCUT2D eigenvalue weighted by Crippen LogP contribution is -2.44. The quantitative estimate of drug-likeness (QED) is 0.831. The van der Waals surface area contributed by atoms with Crippen molar-refractivity contribution in [1.82, 2.24) is 9.80 Å². The smallest absolute Gasteiger partial charge is 0.334 e. The predicted molar refractivity (Wildman–Crippen MR) is 101 cm³/mol.